The van der Waals surface area contributed by atoms with Crippen LogP contribution in [0, 0.1) is 5.92 Å². The highest BCUT2D eigenvalue weighted by molar-refractivity contribution is 7.13. The predicted molar refractivity (Wildman–Crippen MR) is 73.8 cm³/mol. The average molecular weight is 267 g/mol. The third-order valence-corrected chi connectivity index (χ3v) is 4.52. The fourth-order valence-electron chi connectivity index (χ4n) is 1.71. The van der Waals surface area contributed by atoms with Crippen LogP contribution in [0.1, 0.15) is 48.3 Å². The van der Waals surface area contributed by atoms with Crippen LogP contribution in [0.5, 0.6) is 0 Å². The van der Waals surface area contributed by atoms with Crippen LogP contribution in [0.2, 0.25) is 0 Å². The lowest BCUT2D eigenvalue weighted by molar-refractivity contribution is 0.0954. The molecule has 0 aromatic carbocycles. The summed E-state index contributed by atoms with van der Waals surface area (Å²) in [6.07, 6.45) is 4.06. The molecule has 1 aromatic heterocycles. The monoisotopic (exact) mass is 267 g/mol. The minimum absolute atomic E-state index is 0.00634. The molecule has 1 atom stereocenters. The van der Waals surface area contributed by atoms with Gasteiger partial charge in [0.1, 0.15) is 4.88 Å². The number of nitrogens with zero attached hydrogens (tertiary/aromatic N) is 1. The molecule has 1 aliphatic rings. The maximum atomic E-state index is 11.9. The zero-order chi connectivity index (χ0) is 13.3. The first-order valence-corrected chi connectivity index (χ1v) is 7.19. The van der Waals surface area contributed by atoms with Crippen molar-refractivity contribution in [3.05, 3.63) is 16.1 Å². The molecule has 1 aliphatic carbocycles. The Balaban J connectivity index is 1.90. The van der Waals surface area contributed by atoms with Crippen LogP contribution in [-0.2, 0) is 5.41 Å². The SMILES string of the molecule is CC(C)(C)c1ncc(C(=O)NCC(N)C2CC2)s1. The Morgan fingerprint density at radius 1 is 1.61 bits per heavy atom. The normalized spacial score (nSPS) is 17.6. The van der Waals surface area contributed by atoms with Gasteiger partial charge < -0.3 is 11.1 Å². The smallest absolute Gasteiger partial charge is 0.263 e. The molecule has 1 unspecified atom stereocenters. The van der Waals surface area contributed by atoms with Gasteiger partial charge in [-0.1, -0.05) is 20.8 Å². The van der Waals surface area contributed by atoms with Gasteiger partial charge in [0, 0.05) is 18.0 Å². The van der Waals surface area contributed by atoms with E-state index in [1.165, 1.54) is 24.2 Å². The zero-order valence-corrected chi connectivity index (χ0v) is 12.0. The Morgan fingerprint density at radius 2 is 2.28 bits per heavy atom. The lowest BCUT2D eigenvalue weighted by Gasteiger charge is -2.13. The second kappa shape index (κ2) is 4.97. The second-order valence-electron chi connectivity index (χ2n) is 5.99. The van der Waals surface area contributed by atoms with Crippen LogP contribution in [0.25, 0.3) is 0 Å². The van der Waals surface area contributed by atoms with E-state index in [1.807, 2.05) is 0 Å². The van der Waals surface area contributed by atoms with E-state index in [1.54, 1.807) is 6.20 Å². The fraction of sp³-hybridized carbons (Fsp3) is 0.692. The van der Waals surface area contributed by atoms with E-state index in [0.29, 0.717) is 17.3 Å². The maximum absolute atomic E-state index is 11.9. The van der Waals surface area contributed by atoms with Gasteiger partial charge in [0.2, 0.25) is 0 Å². The summed E-state index contributed by atoms with van der Waals surface area (Å²) in [5.74, 6) is 0.552. The van der Waals surface area contributed by atoms with Gasteiger partial charge in [-0.25, -0.2) is 4.98 Å². The number of hydrogen-bond acceptors (Lipinski definition) is 4. The quantitative estimate of drug-likeness (QED) is 0.875. The molecule has 4 nitrogen and oxygen atoms in total. The van der Waals surface area contributed by atoms with Gasteiger partial charge in [0.25, 0.3) is 5.91 Å². The van der Waals surface area contributed by atoms with Crippen LogP contribution in [0.15, 0.2) is 6.20 Å². The summed E-state index contributed by atoms with van der Waals surface area (Å²) < 4.78 is 0. The molecule has 0 aliphatic heterocycles. The van der Waals surface area contributed by atoms with E-state index in [9.17, 15) is 4.79 Å². The van der Waals surface area contributed by atoms with Crippen molar-refractivity contribution in [1.29, 1.82) is 0 Å². The molecule has 0 bridgehead atoms. The number of carbonyl (C=O) groups excluding carboxylic acids is 1. The van der Waals surface area contributed by atoms with Crippen molar-refractivity contribution in [2.75, 3.05) is 6.54 Å². The number of amides is 1. The highest BCUT2D eigenvalue weighted by Gasteiger charge is 2.28. The summed E-state index contributed by atoms with van der Waals surface area (Å²) in [5.41, 5.74) is 5.95. The van der Waals surface area contributed by atoms with Crippen molar-refractivity contribution in [3.63, 3.8) is 0 Å². The van der Waals surface area contributed by atoms with Crippen molar-refractivity contribution in [2.24, 2.45) is 11.7 Å². The summed E-state index contributed by atoms with van der Waals surface area (Å²) in [7, 11) is 0. The first-order chi connectivity index (χ1) is 8.38. The molecule has 18 heavy (non-hydrogen) atoms. The molecule has 1 fully saturated rings. The number of nitrogens with two attached hydrogens (primary N) is 1. The van der Waals surface area contributed by atoms with Crippen LogP contribution in [-0.4, -0.2) is 23.5 Å². The average Bonchev–Trinajstić information content (AvgIpc) is 3.00. The van der Waals surface area contributed by atoms with E-state index in [-0.39, 0.29) is 17.4 Å². The molecule has 0 spiro atoms. The zero-order valence-electron chi connectivity index (χ0n) is 11.2. The van der Waals surface area contributed by atoms with Gasteiger partial charge in [0.05, 0.1) is 11.2 Å². The van der Waals surface area contributed by atoms with Crippen LogP contribution in [0.3, 0.4) is 0 Å². The van der Waals surface area contributed by atoms with Crippen molar-refractivity contribution >= 4 is 17.2 Å². The van der Waals surface area contributed by atoms with Gasteiger partial charge in [-0.05, 0) is 18.8 Å². The molecular formula is C13H21N3OS. The number of carbonyl (C=O) groups is 1. The Kier molecular flexibility index (Phi) is 3.73. The first-order valence-electron chi connectivity index (χ1n) is 6.38. The van der Waals surface area contributed by atoms with E-state index < -0.39 is 0 Å². The largest absolute Gasteiger partial charge is 0.350 e. The number of hydrogen-bond donors (Lipinski definition) is 2. The highest BCUT2D eigenvalue weighted by atomic mass is 32.1. The molecule has 0 radical (unpaired) electrons. The predicted octanol–water partition coefficient (Wildman–Crippen LogP) is 1.91. The number of rotatable bonds is 4. The lowest BCUT2D eigenvalue weighted by Crippen LogP contribution is -2.38. The Labute approximate surface area is 112 Å². The highest BCUT2D eigenvalue weighted by Crippen LogP contribution is 2.31. The van der Waals surface area contributed by atoms with Crippen LogP contribution >= 0.6 is 11.3 Å². The number of aromatic nitrogens is 1. The van der Waals surface area contributed by atoms with E-state index in [0.717, 1.165) is 5.01 Å². The van der Waals surface area contributed by atoms with Gasteiger partial charge in [-0.15, -0.1) is 11.3 Å². The summed E-state index contributed by atoms with van der Waals surface area (Å²) in [5, 5.41) is 3.88. The molecule has 1 aromatic rings. The topological polar surface area (TPSA) is 68.0 Å². The molecule has 3 N–H and O–H groups in total. The third-order valence-electron chi connectivity index (χ3n) is 3.10. The standard InChI is InChI=1S/C13H21N3OS/c1-13(2,3)12-16-7-10(18-12)11(17)15-6-9(14)8-4-5-8/h7-9H,4-6,14H2,1-3H3,(H,15,17). The summed E-state index contributed by atoms with van der Waals surface area (Å²) >= 11 is 1.46. The van der Waals surface area contributed by atoms with Gasteiger partial charge in [-0.2, -0.15) is 0 Å². The van der Waals surface area contributed by atoms with Crippen LogP contribution in [0.4, 0.5) is 0 Å². The minimum atomic E-state index is -0.0564. The van der Waals surface area contributed by atoms with E-state index in [2.05, 4.69) is 31.1 Å². The van der Waals surface area contributed by atoms with Gasteiger partial charge >= 0.3 is 0 Å². The van der Waals surface area contributed by atoms with Crippen LogP contribution < -0.4 is 11.1 Å². The Hall–Kier alpha value is -0.940. The Bertz CT molecular complexity index is 432. The van der Waals surface area contributed by atoms with Crippen molar-refractivity contribution in [2.45, 2.75) is 45.1 Å². The van der Waals surface area contributed by atoms with E-state index in [4.69, 9.17) is 5.73 Å². The molecule has 0 saturated heterocycles. The van der Waals surface area contributed by atoms with Gasteiger partial charge in [0.15, 0.2) is 0 Å². The van der Waals surface area contributed by atoms with Crippen molar-refractivity contribution in [1.82, 2.24) is 10.3 Å². The minimum Gasteiger partial charge on any atom is -0.350 e. The molecule has 2 rings (SSSR count). The van der Waals surface area contributed by atoms with E-state index >= 15 is 0 Å². The molecule has 1 saturated carbocycles. The maximum Gasteiger partial charge on any atom is 0.263 e. The summed E-state index contributed by atoms with van der Waals surface area (Å²) in [6, 6.07) is 0.101. The number of nitrogens with one attached hydrogen (secondary N) is 1. The molecular weight excluding hydrogens is 246 g/mol. The van der Waals surface area contributed by atoms with Crippen molar-refractivity contribution < 1.29 is 4.79 Å². The van der Waals surface area contributed by atoms with Gasteiger partial charge in [-0.3, -0.25) is 4.79 Å². The number of thiazole rings is 1. The first kappa shape index (κ1) is 13.5. The Morgan fingerprint density at radius 3 is 2.78 bits per heavy atom. The molecule has 5 heteroatoms. The molecule has 1 heterocycles. The molecule has 1 amide bonds. The fourth-order valence-corrected chi connectivity index (χ4v) is 2.60. The summed E-state index contributed by atoms with van der Waals surface area (Å²) in [6.45, 7) is 6.84. The third kappa shape index (κ3) is 3.29. The lowest BCUT2D eigenvalue weighted by atomic mass is 9.98. The summed E-state index contributed by atoms with van der Waals surface area (Å²) in [4.78, 5) is 16.9. The van der Waals surface area contributed by atoms with Crippen molar-refractivity contribution in [3.8, 4) is 0 Å². The molecule has 100 valence electrons. The second-order valence-corrected chi connectivity index (χ2v) is 7.02.